The van der Waals surface area contributed by atoms with Crippen LogP contribution in [0.1, 0.15) is 23.2 Å². The highest BCUT2D eigenvalue weighted by atomic mass is 127. The van der Waals surface area contributed by atoms with Gasteiger partial charge in [0, 0.05) is 43.8 Å². The number of methoxy groups -OCH3 is 1. The van der Waals surface area contributed by atoms with Gasteiger partial charge in [0.05, 0.1) is 23.9 Å². The summed E-state index contributed by atoms with van der Waals surface area (Å²) in [5.74, 6) is 1.37. The maximum atomic E-state index is 5.66. The van der Waals surface area contributed by atoms with E-state index in [9.17, 15) is 0 Å². The minimum atomic E-state index is 0. The van der Waals surface area contributed by atoms with E-state index in [-0.39, 0.29) is 24.0 Å². The topological polar surface area (TPSA) is 80.7 Å². The van der Waals surface area contributed by atoms with Crippen molar-refractivity contribution in [2.24, 2.45) is 4.99 Å². The van der Waals surface area contributed by atoms with E-state index < -0.39 is 0 Å². The summed E-state index contributed by atoms with van der Waals surface area (Å²) >= 11 is 1.68. The SMILES string of the molecule is CCNC(=NCc1cccnc1OCCOC)NCCc1csc(C)n1.I. The number of hydrogen-bond donors (Lipinski definition) is 2. The third-order valence-corrected chi connectivity index (χ3v) is 4.29. The van der Waals surface area contributed by atoms with Crippen molar-refractivity contribution >= 4 is 41.3 Å². The molecule has 2 heterocycles. The van der Waals surface area contributed by atoms with Crippen molar-refractivity contribution in [1.29, 1.82) is 0 Å². The molecule has 0 saturated carbocycles. The molecule has 0 saturated heterocycles. The number of pyridine rings is 1. The molecule has 7 nitrogen and oxygen atoms in total. The quantitative estimate of drug-likeness (QED) is 0.224. The largest absolute Gasteiger partial charge is 0.475 e. The average Bonchev–Trinajstić information content (AvgIpc) is 3.06. The Kier molecular flexibility index (Phi) is 11.9. The number of guanidine groups is 1. The lowest BCUT2D eigenvalue weighted by atomic mass is 10.3. The van der Waals surface area contributed by atoms with E-state index in [1.54, 1.807) is 24.6 Å². The lowest BCUT2D eigenvalue weighted by molar-refractivity contribution is 0.143. The van der Waals surface area contributed by atoms with Crippen LogP contribution in [0.4, 0.5) is 0 Å². The number of aliphatic imine (C=N–C) groups is 1. The molecule has 0 radical (unpaired) electrons. The van der Waals surface area contributed by atoms with Crippen LogP contribution in [0, 0.1) is 6.92 Å². The first-order valence-corrected chi connectivity index (χ1v) is 9.59. The number of thiazole rings is 1. The van der Waals surface area contributed by atoms with Gasteiger partial charge in [-0.2, -0.15) is 0 Å². The van der Waals surface area contributed by atoms with Crippen molar-refractivity contribution in [3.63, 3.8) is 0 Å². The molecule has 0 unspecified atom stereocenters. The number of aryl methyl sites for hydroxylation is 1. The molecule has 0 spiro atoms. The molecule has 0 fully saturated rings. The normalized spacial score (nSPS) is 11.0. The Morgan fingerprint density at radius 2 is 2.15 bits per heavy atom. The number of nitrogens with zero attached hydrogens (tertiary/aromatic N) is 3. The minimum Gasteiger partial charge on any atom is -0.475 e. The second-order valence-corrected chi connectivity index (χ2v) is 6.60. The monoisotopic (exact) mass is 505 g/mol. The van der Waals surface area contributed by atoms with Gasteiger partial charge in [-0.05, 0) is 19.9 Å². The summed E-state index contributed by atoms with van der Waals surface area (Å²) in [6.45, 7) is 7.12. The molecule has 0 amide bonds. The number of hydrogen-bond acceptors (Lipinski definition) is 6. The van der Waals surface area contributed by atoms with Gasteiger partial charge >= 0.3 is 0 Å². The zero-order chi connectivity index (χ0) is 18.6. The highest BCUT2D eigenvalue weighted by Gasteiger charge is 2.05. The van der Waals surface area contributed by atoms with Gasteiger partial charge in [0.1, 0.15) is 6.61 Å². The smallest absolute Gasteiger partial charge is 0.218 e. The Balaban J connectivity index is 0.00000364. The Bertz CT molecular complexity index is 696. The molecule has 2 N–H and O–H groups in total. The number of halogens is 1. The molecule has 2 aromatic heterocycles. The van der Waals surface area contributed by atoms with Gasteiger partial charge in [-0.15, -0.1) is 35.3 Å². The maximum Gasteiger partial charge on any atom is 0.218 e. The molecule has 0 aromatic carbocycles. The predicted molar refractivity (Wildman–Crippen MR) is 120 cm³/mol. The fourth-order valence-electron chi connectivity index (χ4n) is 2.23. The highest BCUT2D eigenvalue weighted by Crippen LogP contribution is 2.15. The van der Waals surface area contributed by atoms with Crippen LogP contribution in [0.25, 0.3) is 0 Å². The molecule has 9 heteroatoms. The number of nitrogens with one attached hydrogen (secondary N) is 2. The Labute approximate surface area is 182 Å². The Morgan fingerprint density at radius 3 is 2.85 bits per heavy atom. The second-order valence-electron chi connectivity index (χ2n) is 5.54. The van der Waals surface area contributed by atoms with Crippen LogP contribution in [0.3, 0.4) is 0 Å². The van der Waals surface area contributed by atoms with E-state index in [1.807, 2.05) is 26.0 Å². The third-order valence-electron chi connectivity index (χ3n) is 3.47. The van der Waals surface area contributed by atoms with Gasteiger partial charge in [0.25, 0.3) is 0 Å². The van der Waals surface area contributed by atoms with Gasteiger partial charge in [-0.3, -0.25) is 0 Å². The number of rotatable bonds is 10. The van der Waals surface area contributed by atoms with Crippen LogP contribution in [-0.4, -0.2) is 49.3 Å². The van der Waals surface area contributed by atoms with Crippen molar-refractivity contribution in [2.45, 2.75) is 26.8 Å². The summed E-state index contributed by atoms with van der Waals surface area (Å²) < 4.78 is 10.7. The zero-order valence-electron chi connectivity index (χ0n) is 16.0. The van der Waals surface area contributed by atoms with Crippen molar-refractivity contribution in [2.75, 3.05) is 33.4 Å². The Hall–Kier alpha value is -1.46. The summed E-state index contributed by atoms with van der Waals surface area (Å²) in [6, 6.07) is 3.86. The van der Waals surface area contributed by atoms with E-state index >= 15 is 0 Å². The first kappa shape index (κ1) is 23.6. The van der Waals surface area contributed by atoms with Gasteiger partial charge in [0.15, 0.2) is 5.96 Å². The summed E-state index contributed by atoms with van der Waals surface area (Å²) in [6.07, 6.45) is 2.58. The van der Waals surface area contributed by atoms with Crippen LogP contribution in [-0.2, 0) is 17.7 Å². The van der Waals surface area contributed by atoms with E-state index in [1.165, 1.54) is 0 Å². The van der Waals surface area contributed by atoms with Crippen LogP contribution in [0.15, 0.2) is 28.7 Å². The van der Waals surface area contributed by atoms with Crippen molar-refractivity contribution in [1.82, 2.24) is 20.6 Å². The lowest BCUT2D eigenvalue weighted by Gasteiger charge is -2.12. The van der Waals surface area contributed by atoms with Crippen LogP contribution in [0.2, 0.25) is 0 Å². The summed E-state index contributed by atoms with van der Waals surface area (Å²) in [7, 11) is 1.65. The van der Waals surface area contributed by atoms with Gasteiger partial charge in [0.2, 0.25) is 5.88 Å². The lowest BCUT2D eigenvalue weighted by Crippen LogP contribution is -2.38. The van der Waals surface area contributed by atoms with Gasteiger partial charge in [-0.1, -0.05) is 6.07 Å². The molecule has 0 aliphatic carbocycles. The van der Waals surface area contributed by atoms with Crippen molar-refractivity contribution in [3.05, 3.63) is 40.0 Å². The van der Waals surface area contributed by atoms with E-state index in [4.69, 9.17) is 9.47 Å². The second kappa shape index (κ2) is 13.7. The molecular weight excluding hydrogens is 477 g/mol. The van der Waals surface area contributed by atoms with E-state index in [2.05, 4.69) is 31.0 Å². The fraction of sp³-hybridized carbons (Fsp3) is 0.500. The van der Waals surface area contributed by atoms with Crippen LogP contribution < -0.4 is 15.4 Å². The predicted octanol–water partition coefficient (Wildman–Crippen LogP) is 2.79. The Morgan fingerprint density at radius 1 is 1.30 bits per heavy atom. The molecular formula is C18H28IN5O2S. The maximum absolute atomic E-state index is 5.66. The average molecular weight is 505 g/mol. The fourth-order valence-corrected chi connectivity index (χ4v) is 2.88. The highest BCUT2D eigenvalue weighted by molar-refractivity contribution is 14.0. The first-order chi connectivity index (χ1) is 12.7. The molecule has 2 rings (SSSR count). The summed E-state index contributed by atoms with van der Waals surface area (Å²) in [4.78, 5) is 13.4. The molecule has 150 valence electrons. The zero-order valence-corrected chi connectivity index (χ0v) is 19.2. The standard InChI is InChI=1S/C18H27N5O2S.HI/c1-4-19-18(21-9-7-16-13-26-14(2)23-16)22-12-15-6-5-8-20-17(15)25-11-10-24-3;/h5-6,8,13H,4,7,9-12H2,1-3H3,(H2,19,21,22);1H. The summed E-state index contributed by atoms with van der Waals surface area (Å²) in [5, 5.41) is 9.79. The van der Waals surface area contributed by atoms with E-state index in [0.29, 0.717) is 25.6 Å². The minimum absolute atomic E-state index is 0. The summed E-state index contributed by atoms with van der Waals surface area (Å²) in [5.41, 5.74) is 2.05. The molecule has 0 atom stereocenters. The first-order valence-electron chi connectivity index (χ1n) is 8.71. The van der Waals surface area contributed by atoms with Gasteiger partial charge < -0.3 is 20.1 Å². The number of ether oxygens (including phenoxy) is 2. The van der Waals surface area contributed by atoms with Crippen molar-refractivity contribution in [3.8, 4) is 5.88 Å². The van der Waals surface area contributed by atoms with Crippen LogP contribution in [0.5, 0.6) is 5.88 Å². The van der Waals surface area contributed by atoms with E-state index in [0.717, 1.165) is 41.7 Å². The molecule has 0 aliphatic heterocycles. The number of aromatic nitrogens is 2. The third kappa shape index (κ3) is 8.85. The van der Waals surface area contributed by atoms with Crippen LogP contribution >= 0.6 is 35.3 Å². The van der Waals surface area contributed by atoms with Gasteiger partial charge in [-0.25, -0.2) is 15.0 Å². The molecule has 0 aliphatic rings. The van der Waals surface area contributed by atoms with Crippen molar-refractivity contribution < 1.29 is 9.47 Å². The molecule has 27 heavy (non-hydrogen) atoms. The molecule has 2 aromatic rings. The molecule has 0 bridgehead atoms.